The molecule has 5 nitrogen and oxygen atoms in total. The standard InChI is InChI=1S/C16H17NO4/c1-10(2)16(19)17-13-6-4-11(8-15(13)20-3)14-7-5-12(9-18)21-14/h4-10H,1-3H3,(H,17,19). The second kappa shape index (κ2) is 6.26. The Kier molecular flexibility index (Phi) is 4.42. The summed E-state index contributed by atoms with van der Waals surface area (Å²) in [6.07, 6.45) is 0.651. The number of anilines is 1. The Labute approximate surface area is 122 Å². The number of amides is 1. The summed E-state index contributed by atoms with van der Waals surface area (Å²) < 4.78 is 10.7. The van der Waals surface area contributed by atoms with Crippen molar-refractivity contribution < 1.29 is 18.7 Å². The van der Waals surface area contributed by atoms with E-state index in [9.17, 15) is 9.59 Å². The number of hydrogen-bond donors (Lipinski definition) is 1. The number of aldehydes is 1. The van der Waals surface area contributed by atoms with Crippen molar-refractivity contribution in [2.24, 2.45) is 5.92 Å². The van der Waals surface area contributed by atoms with Crippen molar-refractivity contribution in [2.75, 3.05) is 12.4 Å². The maximum absolute atomic E-state index is 11.8. The average Bonchev–Trinajstić information content (AvgIpc) is 2.96. The van der Waals surface area contributed by atoms with E-state index in [1.165, 1.54) is 7.11 Å². The first-order chi connectivity index (χ1) is 10.0. The molecule has 0 atom stereocenters. The van der Waals surface area contributed by atoms with Crippen LogP contribution in [-0.4, -0.2) is 19.3 Å². The summed E-state index contributed by atoms with van der Waals surface area (Å²) in [5.74, 6) is 1.17. The molecule has 1 amide bonds. The number of carbonyl (C=O) groups is 2. The highest BCUT2D eigenvalue weighted by atomic mass is 16.5. The van der Waals surface area contributed by atoms with Crippen LogP contribution in [0.4, 0.5) is 5.69 Å². The van der Waals surface area contributed by atoms with E-state index in [4.69, 9.17) is 9.15 Å². The van der Waals surface area contributed by atoms with E-state index < -0.39 is 0 Å². The Morgan fingerprint density at radius 2 is 2.05 bits per heavy atom. The Morgan fingerprint density at radius 3 is 2.62 bits per heavy atom. The van der Waals surface area contributed by atoms with Crippen LogP contribution in [0.25, 0.3) is 11.3 Å². The Bertz CT molecular complexity index is 658. The summed E-state index contributed by atoms with van der Waals surface area (Å²) >= 11 is 0. The van der Waals surface area contributed by atoms with Gasteiger partial charge in [-0.05, 0) is 30.3 Å². The molecule has 0 spiro atoms. The van der Waals surface area contributed by atoms with Gasteiger partial charge in [0.1, 0.15) is 11.5 Å². The zero-order valence-electron chi connectivity index (χ0n) is 12.2. The highest BCUT2D eigenvalue weighted by Gasteiger charge is 2.13. The van der Waals surface area contributed by atoms with Crippen LogP contribution in [0.1, 0.15) is 24.4 Å². The van der Waals surface area contributed by atoms with Gasteiger partial charge in [-0.15, -0.1) is 0 Å². The van der Waals surface area contributed by atoms with Crippen LogP contribution < -0.4 is 10.1 Å². The first-order valence-corrected chi connectivity index (χ1v) is 6.59. The van der Waals surface area contributed by atoms with E-state index in [0.29, 0.717) is 23.5 Å². The van der Waals surface area contributed by atoms with Gasteiger partial charge in [0.15, 0.2) is 12.0 Å². The molecule has 0 saturated carbocycles. The summed E-state index contributed by atoms with van der Waals surface area (Å²) in [5.41, 5.74) is 1.37. The van der Waals surface area contributed by atoms with Gasteiger partial charge in [0, 0.05) is 11.5 Å². The lowest BCUT2D eigenvalue weighted by molar-refractivity contribution is -0.118. The molecule has 0 aliphatic rings. The molecule has 1 heterocycles. The highest BCUT2D eigenvalue weighted by Crippen LogP contribution is 2.31. The molecule has 0 unspecified atom stereocenters. The predicted octanol–water partition coefficient (Wildman–Crippen LogP) is 3.36. The minimum atomic E-state index is -0.116. The van der Waals surface area contributed by atoms with Gasteiger partial charge in [0.25, 0.3) is 0 Å². The van der Waals surface area contributed by atoms with E-state index in [0.717, 1.165) is 5.56 Å². The minimum absolute atomic E-state index is 0.0812. The molecule has 0 aliphatic carbocycles. The second-order valence-electron chi connectivity index (χ2n) is 4.88. The van der Waals surface area contributed by atoms with Gasteiger partial charge in [-0.25, -0.2) is 0 Å². The minimum Gasteiger partial charge on any atom is -0.495 e. The molecule has 0 saturated heterocycles. The van der Waals surface area contributed by atoms with E-state index in [-0.39, 0.29) is 17.6 Å². The summed E-state index contributed by atoms with van der Waals surface area (Å²) in [7, 11) is 1.53. The molecule has 5 heteroatoms. The van der Waals surface area contributed by atoms with Crippen molar-refractivity contribution in [3.63, 3.8) is 0 Å². The number of benzene rings is 1. The number of carbonyl (C=O) groups excluding carboxylic acids is 2. The third kappa shape index (κ3) is 3.31. The lowest BCUT2D eigenvalue weighted by Crippen LogP contribution is -2.18. The smallest absolute Gasteiger partial charge is 0.227 e. The highest BCUT2D eigenvalue weighted by molar-refractivity contribution is 5.94. The molecule has 2 rings (SSSR count). The second-order valence-corrected chi connectivity index (χ2v) is 4.88. The SMILES string of the molecule is COc1cc(-c2ccc(C=O)o2)ccc1NC(=O)C(C)C. The number of ether oxygens (including phenoxy) is 1. The summed E-state index contributed by atoms with van der Waals surface area (Å²) in [5, 5.41) is 2.81. The first-order valence-electron chi connectivity index (χ1n) is 6.59. The van der Waals surface area contributed by atoms with Crippen LogP contribution in [0.5, 0.6) is 5.75 Å². The van der Waals surface area contributed by atoms with Crippen molar-refractivity contribution in [1.82, 2.24) is 0 Å². The fourth-order valence-electron chi connectivity index (χ4n) is 1.80. The average molecular weight is 287 g/mol. The molecule has 0 radical (unpaired) electrons. The fraction of sp³-hybridized carbons (Fsp3) is 0.250. The quantitative estimate of drug-likeness (QED) is 0.856. The monoisotopic (exact) mass is 287 g/mol. The van der Waals surface area contributed by atoms with Gasteiger partial charge in [-0.2, -0.15) is 0 Å². The molecule has 1 N–H and O–H groups in total. The molecule has 21 heavy (non-hydrogen) atoms. The zero-order valence-corrected chi connectivity index (χ0v) is 12.2. The molecule has 0 bridgehead atoms. The number of hydrogen-bond acceptors (Lipinski definition) is 4. The number of nitrogens with one attached hydrogen (secondary N) is 1. The van der Waals surface area contributed by atoms with Gasteiger partial charge in [-0.1, -0.05) is 13.8 Å². The molecule has 110 valence electrons. The third-order valence-electron chi connectivity index (χ3n) is 3.01. The van der Waals surface area contributed by atoms with Crippen molar-refractivity contribution >= 4 is 17.9 Å². The van der Waals surface area contributed by atoms with Crippen LogP contribution >= 0.6 is 0 Å². The lowest BCUT2D eigenvalue weighted by Gasteiger charge is -2.12. The van der Waals surface area contributed by atoms with Gasteiger partial charge in [0.05, 0.1) is 12.8 Å². The number of rotatable bonds is 5. The maximum atomic E-state index is 11.8. The van der Waals surface area contributed by atoms with Crippen LogP contribution in [0.2, 0.25) is 0 Å². The number of furan rings is 1. The van der Waals surface area contributed by atoms with Crippen LogP contribution in [0, 0.1) is 5.92 Å². The van der Waals surface area contributed by atoms with Crippen molar-refractivity contribution in [3.05, 3.63) is 36.1 Å². The molecule has 2 aromatic rings. The van der Waals surface area contributed by atoms with E-state index in [2.05, 4.69) is 5.32 Å². The maximum Gasteiger partial charge on any atom is 0.227 e. The molecular formula is C16H17NO4. The molecular weight excluding hydrogens is 270 g/mol. The van der Waals surface area contributed by atoms with E-state index in [1.807, 2.05) is 13.8 Å². The molecule has 0 fully saturated rings. The molecule has 0 aliphatic heterocycles. The van der Waals surface area contributed by atoms with Gasteiger partial charge in [0.2, 0.25) is 5.91 Å². The van der Waals surface area contributed by atoms with Crippen molar-refractivity contribution in [1.29, 1.82) is 0 Å². The Balaban J connectivity index is 2.31. The Morgan fingerprint density at radius 1 is 1.29 bits per heavy atom. The van der Waals surface area contributed by atoms with E-state index in [1.54, 1.807) is 30.3 Å². The number of methoxy groups -OCH3 is 1. The lowest BCUT2D eigenvalue weighted by atomic mass is 10.1. The van der Waals surface area contributed by atoms with Crippen LogP contribution in [0.15, 0.2) is 34.7 Å². The van der Waals surface area contributed by atoms with E-state index >= 15 is 0 Å². The fourth-order valence-corrected chi connectivity index (χ4v) is 1.80. The van der Waals surface area contributed by atoms with Gasteiger partial charge in [-0.3, -0.25) is 9.59 Å². The largest absolute Gasteiger partial charge is 0.495 e. The summed E-state index contributed by atoms with van der Waals surface area (Å²) in [4.78, 5) is 22.4. The van der Waals surface area contributed by atoms with Crippen LogP contribution in [-0.2, 0) is 4.79 Å². The van der Waals surface area contributed by atoms with Gasteiger partial charge < -0.3 is 14.5 Å². The first kappa shape index (κ1) is 14.8. The summed E-state index contributed by atoms with van der Waals surface area (Å²) in [6, 6.07) is 8.61. The van der Waals surface area contributed by atoms with Gasteiger partial charge >= 0.3 is 0 Å². The predicted molar refractivity (Wildman–Crippen MR) is 79.6 cm³/mol. The zero-order chi connectivity index (χ0) is 15.4. The summed E-state index contributed by atoms with van der Waals surface area (Å²) in [6.45, 7) is 3.64. The molecule has 1 aromatic carbocycles. The third-order valence-corrected chi connectivity index (χ3v) is 3.01. The van der Waals surface area contributed by atoms with Crippen LogP contribution in [0.3, 0.4) is 0 Å². The normalized spacial score (nSPS) is 10.5. The molecule has 1 aromatic heterocycles. The Hall–Kier alpha value is -2.56. The van der Waals surface area contributed by atoms with Crippen molar-refractivity contribution in [3.8, 4) is 17.1 Å². The van der Waals surface area contributed by atoms with Crippen molar-refractivity contribution in [2.45, 2.75) is 13.8 Å². The topological polar surface area (TPSA) is 68.5 Å².